The van der Waals surface area contributed by atoms with Gasteiger partial charge in [-0.1, -0.05) is 24.8 Å². The number of rotatable bonds is 5. The van der Waals surface area contributed by atoms with Crippen LogP contribution in [0.4, 0.5) is 14.5 Å². The maximum Gasteiger partial charge on any atom is 0.129 e. The maximum absolute atomic E-state index is 13.8. The van der Waals surface area contributed by atoms with Gasteiger partial charge >= 0.3 is 0 Å². The van der Waals surface area contributed by atoms with Gasteiger partial charge in [-0.25, -0.2) is 8.78 Å². The summed E-state index contributed by atoms with van der Waals surface area (Å²) in [5.74, 6) is -0.554. The Labute approximate surface area is 191 Å². The van der Waals surface area contributed by atoms with Gasteiger partial charge in [0.2, 0.25) is 0 Å². The quantitative estimate of drug-likeness (QED) is 0.502. The zero-order valence-corrected chi connectivity index (χ0v) is 18.0. The highest BCUT2D eigenvalue weighted by Gasteiger charge is 2.30. The summed E-state index contributed by atoms with van der Waals surface area (Å²) in [5.41, 5.74) is 6.86. The molecule has 0 saturated carbocycles. The highest BCUT2D eigenvalue weighted by atomic mass is 19.1. The van der Waals surface area contributed by atoms with Crippen LogP contribution in [0.1, 0.15) is 28.6 Å². The number of hydrogen-bond acceptors (Lipinski definition) is 4. The molecule has 0 spiro atoms. The lowest BCUT2D eigenvalue weighted by atomic mass is 9.98. The molecule has 2 N–H and O–H groups in total. The molecule has 0 radical (unpaired) electrons. The molecule has 0 amide bonds. The van der Waals surface area contributed by atoms with Gasteiger partial charge in [0, 0.05) is 52.4 Å². The number of nitrogens with zero attached hydrogens (tertiary/aromatic N) is 2. The summed E-state index contributed by atoms with van der Waals surface area (Å²) in [6, 6.07) is 14.8. The van der Waals surface area contributed by atoms with E-state index in [0.29, 0.717) is 5.70 Å². The molecule has 1 atom stereocenters. The predicted molar refractivity (Wildman–Crippen MR) is 127 cm³/mol. The molecule has 0 saturated heterocycles. The van der Waals surface area contributed by atoms with Gasteiger partial charge in [0.25, 0.3) is 0 Å². The summed E-state index contributed by atoms with van der Waals surface area (Å²) in [4.78, 5) is 6.67. The number of aryl methyl sites for hydroxylation is 1. The highest BCUT2D eigenvalue weighted by Crippen LogP contribution is 2.38. The van der Waals surface area contributed by atoms with Crippen LogP contribution in [0.25, 0.3) is 11.3 Å². The summed E-state index contributed by atoms with van der Waals surface area (Å²) in [5, 5.41) is 6.58. The molecule has 2 aliphatic heterocycles. The Morgan fingerprint density at radius 3 is 2.70 bits per heavy atom. The fourth-order valence-corrected chi connectivity index (χ4v) is 4.09. The van der Waals surface area contributed by atoms with Crippen molar-refractivity contribution >= 4 is 17.0 Å². The van der Waals surface area contributed by atoms with E-state index in [1.54, 1.807) is 18.2 Å². The van der Waals surface area contributed by atoms with Gasteiger partial charge in [-0.3, -0.25) is 4.98 Å². The van der Waals surface area contributed by atoms with Crippen LogP contribution in [0.3, 0.4) is 0 Å². The zero-order valence-electron chi connectivity index (χ0n) is 18.0. The molecule has 0 bridgehead atoms. The zero-order chi connectivity index (χ0) is 22.9. The van der Waals surface area contributed by atoms with Gasteiger partial charge in [0.05, 0.1) is 5.70 Å². The first kappa shape index (κ1) is 20.7. The Hall–Kier alpha value is -4.19. The molecule has 2 aromatic carbocycles. The molecule has 3 aromatic rings. The summed E-state index contributed by atoms with van der Waals surface area (Å²) in [7, 11) is 0. The van der Waals surface area contributed by atoms with Crippen molar-refractivity contribution in [3.05, 3.63) is 132 Å². The van der Waals surface area contributed by atoms with Crippen molar-refractivity contribution < 1.29 is 8.78 Å². The van der Waals surface area contributed by atoms with Gasteiger partial charge in [-0.2, -0.15) is 0 Å². The van der Waals surface area contributed by atoms with Crippen LogP contribution in [0.2, 0.25) is 0 Å². The fourth-order valence-electron chi connectivity index (χ4n) is 4.09. The molecule has 33 heavy (non-hydrogen) atoms. The normalized spacial score (nSPS) is 16.6. The van der Waals surface area contributed by atoms with Crippen molar-refractivity contribution in [3.63, 3.8) is 0 Å². The van der Waals surface area contributed by atoms with Crippen LogP contribution in [-0.2, 0) is 0 Å². The third-order valence-electron chi connectivity index (χ3n) is 5.75. The molecular weight excluding hydrogens is 418 g/mol. The van der Waals surface area contributed by atoms with E-state index in [1.165, 1.54) is 24.3 Å². The van der Waals surface area contributed by atoms with Crippen molar-refractivity contribution in [2.45, 2.75) is 13.1 Å². The van der Waals surface area contributed by atoms with Crippen LogP contribution in [-0.4, -0.2) is 9.88 Å². The lowest BCUT2D eigenvalue weighted by Crippen LogP contribution is -2.26. The Kier molecular flexibility index (Phi) is 5.26. The number of pyridine rings is 1. The molecule has 1 aromatic heterocycles. The first-order valence-corrected chi connectivity index (χ1v) is 10.6. The van der Waals surface area contributed by atoms with E-state index >= 15 is 0 Å². The van der Waals surface area contributed by atoms with E-state index in [4.69, 9.17) is 0 Å². The molecule has 5 rings (SSSR count). The second-order valence-corrected chi connectivity index (χ2v) is 7.95. The first-order chi connectivity index (χ1) is 16.0. The third-order valence-corrected chi connectivity index (χ3v) is 5.75. The Bertz CT molecular complexity index is 1320. The summed E-state index contributed by atoms with van der Waals surface area (Å²) >= 11 is 0. The van der Waals surface area contributed by atoms with Crippen molar-refractivity contribution in [3.8, 4) is 0 Å². The second kappa shape index (κ2) is 8.39. The molecule has 1 unspecified atom stereocenters. The Morgan fingerprint density at radius 1 is 1.09 bits per heavy atom. The Balaban J connectivity index is 1.42. The number of hydrogen-bond donors (Lipinski definition) is 2. The predicted octanol–water partition coefficient (Wildman–Crippen LogP) is 6.11. The SMILES string of the molecule is C=C(Nc1ccc(F)cc1)c1cc(C2=CC=CN3C2=CNC3c2cccc(F)c2)cnc1C. The van der Waals surface area contributed by atoms with E-state index in [1.807, 2.05) is 49.8 Å². The number of halogens is 2. The number of nitrogens with one attached hydrogen (secondary N) is 2. The van der Waals surface area contributed by atoms with Crippen molar-refractivity contribution in [2.75, 3.05) is 5.32 Å². The van der Waals surface area contributed by atoms with Crippen LogP contribution >= 0.6 is 0 Å². The summed E-state index contributed by atoms with van der Waals surface area (Å²) in [6.45, 7) is 6.09. The third kappa shape index (κ3) is 4.03. The van der Waals surface area contributed by atoms with Crippen molar-refractivity contribution in [1.82, 2.24) is 15.2 Å². The molecule has 0 fully saturated rings. The van der Waals surface area contributed by atoms with Gasteiger partial charge < -0.3 is 15.5 Å². The number of anilines is 1. The van der Waals surface area contributed by atoms with Gasteiger partial charge in [0.1, 0.15) is 17.8 Å². The topological polar surface area (TPSA) is 40.2 Å². The van der Waals surface area contributed by atoms with E-state index in [2.05, 4.69) is 27.1 Å². The first-order valence-electron chi connectivity index (χ1n) is 10.6. The lowest BCUT2D eigenvalue weighted by molar-refractivity contribution is 0.361. The van der Waals surface area contributed by atoms with Crippen LogP contribution in [0.5, 0.6) is 0 Å². The van der Waals surface area contributed by atoms with E-state index in [9.17, 15) is 8.78 Å². The van der Waals surface area contributed by atoms with E-state index in [0.717, 1.165) is 39.3 Å². The van der Waals surface area contributed by atoms with Crippen molar-refractivity contribution in [1.29, 1.82) is 0 Å². The monoisotopic (exact) mass is 440 g/mol. The second-order valence-electron chi connectivity index (χ2n) is 7.95. The molecule has 164 valence electrons. The number of aromatic nitrogens is 1. The van der Waals surface area contributed by atoms with E-state index < -0.39 is 0 Å². The fraction of sp³-hybridized carbons (Fsp3) is 0.0741. The standard InChI is InChI=1S/C27H22F2N4/c1-17-25(18(2)32-23-10-8-21(28)9-11-23)14-20(15-30-17)24-7-4-12-33-26(24)16-31-27(33)19-5-3-6-22(29)13-19/h3-16,27,31-32H,2H2,1H3. The van der Waals surface area contributed by atoms with Crippen LogP contribution < -0.4 is 10.6 Å². The Morgan fingerprint density at radius 2 is 1.91 bits per heavy atom. The lowest BCUT2D eigenvalue weighted by Gasteiger charge is -2.29. The van der Waals surface area contributed by atoms with Gasteiger partial charge in [-0.05, 0) is 61.0 Å². The minimum atomic E-state index is -0.289. The number of benzene rings is 2. The molecule has 2 aliphatic rings. The molecule has 6 heteroatoms. The smallest absolute Gasteiger partial charge is 0.129 e. The minimum Gasteiger partial charge on any atom is -0.365 e. The summed E-state index contributed by atoms with van der Waals surface area (Å²) < 4.78 is 27.0. The highest BCUT2D eigenvalue weighted by molar-refractivity contribution is 5.84. The van der Waals surface area contributed by atoms with Gasteiger partial charge in [-0.15, -0.1) is 0 Å². The molecule has 0 aliphatic carbocycles. The number of fused-ring (bicyclic) bond motifs is 1. The largest absolute Gasteiger partial charge is 0.365 e. The van der Waals surface area contributed by atoms with Crippen LogP contribution in [0, 0.1) is 18.6 Å². The minimum absolute atomic E-state index is 0.191. The average molecular weight is 440 g/mol. The van der Waals surface area contributed by atoms with Gasteiger partial charge in [0.15, 0.2) is 0 Å². The maximum atomic E-state index is 13.8. The van der Waals surface area contributed by atoms with E-state index in [-0.39, 0.29) is 17.8 Å². The van der Waals surface area contributed by atoms with Crippen molar-refractivity contribution in [2.24, 2.45) is 0 Å². The molecule has 4 nitrogen and oxygen atoms in total. The molecule has 3 heterocycles. The summed E-state index contributed by atoms with van der Waals surface area (Å²) in [6.07, 6.45) is 9.56. The average Bonchev–Trinajstić information content (AvgIpc) is 3.25. The molecular formula is C27H22F2N4. The van der Waals surface area contributed by atoms with Crippen LogP contribution in [0.15, 0.2) is 97.6 Å². The number of allylic oxidation sites excluding steroid dienone is 3.